The number of para-hydroxylation sites is 1. The first-order chi connectivity index (χ1) is 11.7. The van der Waals surface area contributed by atoms with Crippen LogP contribution in [0.25, 0.3) is 10.6 Å². The molecule has 0 aliphatic carbocycles. The highest BCUT2D eigenvalue weighted by molar-refractivity contribution is 7.13. The molecular weight excluding hydrogens is 346 g/mol. The van der Waals surface area contributed by atoms with Gasteiger partial charge in [-0.15, -0.1) is 11.3 Å². The summed E-state index contributed by atoms with van der Waals surface area (Å²) in [4.78, 5) is 16.2. The Kier molecular flexibility index (Phi) is 5.46. The lowest BCUT2D eigenvalue weighted by Gasteiger charge is -2.05. The normalized spacial score (nSPS) is 10.4. The maximum atomic E-state index is 11.7. The van der Waals surface area contributed by atoms with Crippen molar-refractivity contribution in [2.45, 2.75) is 6.61 Å². The Morgan fingerprint density at radius 2 is 1.83 bits per heavy atom. The Morgan fingerprint density at radius 1 is 1.08 bits per heavy atom. The molecule has 1 aromatic heterocycles. The number of aromatic nitrogens is 1. The summed E-state index contributed by atoms with van der Waals surface area (Å²) in [6.07, 6.45) is 0. The lowest BCUT2D eigenvalue weighted by atomic mass is 10.2. The lowest BCUT2D eigenvalue weighted by Crippen LogP contribution is -2.14. The summed E-state index contributed by atoms with van der Waals surface area (Å²) >= 11 is 7.62. The van der Waals surface area contributed by atoms with Crippen LogP contribution in [0.5, 0.6) is 5.75 Å². The number of carbonyl (C=O) groups is 1. The molecule has 0 saturated carbocycles. The highest BCUT2D eigenvalue weighted by atomic mass is 35.5. The molecule has 0 aliphatic heterocycles. The molecule has 122 valence electrons. The quantitative estimate of drug-likeness (QED) is 0.604. The number of esters is 1. The van der Waals surface area contributed by atoms with E-state index in [4.69, 9.17) is 21.1 Å². The van der Waals surface area contributed by atoms with Gasteiger partial charge >= 0.3 is 5.97 Å². The van der Waals surface area contributed by atoms with Crippen LogP contribution >= 0.6 is 22.9 Å². The van der Waals surface area contributed by atoms with Gasteiger partial charge in [0.25, 0.3) is 0 Å². The van der Waals surface area contributed by atoms with E-state index in [0.717, 1.165) is 10.6 Å². The molecule has 0 spiro atoms. The van der Waals surface area contributed by atoms with Crippen LogP contribution < -0.4 is 4.74 Å². The number of ether oxygens (including phenoxy) is 2. The average molecular weight is 360 g/mol. The average Bonchev–Trinajstić information content (AvgIpc) is 3.08. The van der Waals surface area contributed by atoms with Gasteiger partial charge in [0, 0.05) is 10.9 Å². The van der Waals surface area contributed by atoms with Gasteiger partial charge in [-0.1, -0.05) is 48.0 Å². The van der Waals surface area contributed by atoms with Gasteiger partial charge in [-0.2, -0.15) is 0 Å². The Labute approximate surface area is 148 Å². The number of nitrogens with zero attached hydrogens (tertiary/aromatic N) is 1. The molecule has 0 radical (unpaired) electrons. The molecule has 3 aromatic rings. The van der Waals surface area contributed by atoms with Gasteiger partial charge in [-0.3, -0.25) is 0 Å². The second-order valence-corrected chi connectivity index (χ2v) is 6.15. The summed E-state index contributed by atoms with van der Waals surface area (Å²) in [5.41, 5.74) is 1.55. The monoisotopic (exact) mass is 359 g/mol. The fraction of sp³-hybridized carbons (Fsp3) is 0.111. The van der Waals surface area contributed by atoms with Crippen molar-refractivity contribution in [2.24, 2.45) is 0 Å². The zero-order valence-corrected chi connectivity index (χ0v) is 14.2. The van der Waals surface area contributed by atoms with Gasteiger partial charge in [0.2, 0.25) is 0 Å². The van der Waals surface area contributed by atoms with E-state index < -0.39 is 5.97 Å². The smallest absolute Gasteiger partial charge is 0.344 e. The largest absolute Gasteiger partial charge is 0.482 e. The van der Waals surface area contributed by atoms with Crippen LogP contribution in [0, 0.1) is 0 Å². The molecule has 0 aliphatic rings. The molecule has 0 amide bonds. The van der Waals surface area contributed by atoms with Gasteiger partial charge < -0.3 is 9.47 Å². The molecule has 0 N–H and O–H groups in total. The topological polar surface area (TPSA) is 48.4 Å². The Balaban J connectivity index is 1.52. The van der Waals surface area contributed by atoms with Crippen LogP contribution in [0.4, 0.5) is 0 Å². The maximum Gasteiger partial charge on any atom is 0.344 e. The number of thiazole rings is 1. The molecule has 0 bridgehead atoms. The Hall–Kier alpha value is -2.37. The highest BCUT2D eigenvalue weighted by Crippen LogP contribution is 2.30. The molecule has 3 rings (SSSR count). The van der Waals surface area contributed by atoms with Gasteiger partial charge in [-0.25, -0.2) is 9.78 Å². The van der Waals surface area contributed by atoms with Crippen LogP contribution in [0.1, 0.15) is 5.69 Å². The van der Waals surface area contributed by atoms with E-state index in [1.54, 1.807) is 12.1 Å². The van der Waals surface area contributed by atoms with Crippen molar-refractivity contribution in [2.75, 3.05) is 6.61 Å². The maximum absolute atomic E-state index is 11.7. The molecule has 0 saturated heterocycles. The zero-order chi connectivity index (χ0) is 16.8. The summed E-state index contributed by atoms with van der Waals surface area (Å²) in [5, 5.41) is 3.29. The van der Waals surface area contributed by atoms with E-state index in [1.807, 2.05) is 47.8 Å². The standard InChI is InChI=1S/C18H14ClNO3S/c19-16-9-5-4-8-15(16)18-20-13(12-24-18)10-23-17(21)11-22-14-6-2-1-3-7-14/h1-9,12H,10-11H2. The second kappa shape index (κ2) is 7.95. The number of benzene rings is 2. The summed E-state index contributed by atoms with van der Waals surface area (Å²) in [6, 6.07) is 16.6. The molecule has 2 aromatic carbocycles. The number of rotatable bonds is 6. The van der Waals surface area contributed by atoms with Crippen molar-refractivity contribution in [3.05, 3.63) is 70.7 Å². The number of carbonyl (C=O) groups excluding carboxylic acids is 1. The van der Waals surface area contributed by atoms with Crippen LogP contribution in [0.3, 0.4) is 0 Å². The van der Waals surface area contributed by atoms with Crippen LogP contribution in [0.2, 0.25) is 5.02 Å². The molecule has 6 heteroatoms. The van der Waals surface area contributed by atoms with E-state index in [2.05, 4.69) is 4.98 Å². The third kappa shape index (κ3) is 4.34. The zero-order valence-electron chi connectivity index (χ0n) is 12.6. The minimum absolute atomic E-state index is 0.109. The first kappa shape index (κ1) is 16.5. The number of hydrogen-bond acceptors (Lipinski definition) is 5. The second-order valence-electron chi connectivity index (χ2n) is 4.89. The molecule has 0 atom stereocenters. The molecular formula is C18H14ClNO3S. The third-order valence-corrected chi connectivity index (χ3v) is 4.39. The molecule has 0 fully saturated rings. The lowest BCUT2D eigenvalue weighted by molar-refractivity contribution is -0.147. The number of hydrogen-bond donors (Lipinski definition) is 0. The molecule has 0 unspecified atom stereocenters. The fourth-order valence-corrected chi connectivity index (χ4v) is 3.11. The highest BCUT2D eigenvalue weighted by Gasteiger charge is 2.10. The first-order valence-corrected chi connectivity index (χ1v) is 8.51. The Morgan fingerprint density at radius 3 is 2.62 bits per heavy atom. The van der Waals surface area contributed by atoms with Crippen LogP contribution in [0.15, 0.2) is 60.0 Å². The SMILES string of the molecule is O=C(COc1ccccc1)OCc1csc(-c2ccccc2Cl)n1. The van der Waals surface area contributed by atoms with Crippen LogP contribution in [-0.2, 0) is 16.1 Å². The van der Waals surface area contributed by atoms with Gasteiger partial charge in [0.1, 0.15) is 17.4 Å². The van der Waals surface area contributed by atoms with Crippen molar-refractivity contribution >= 4 is 28.9 Å². The van der Waals surface area contributed by atoms with E-state index in [-0.39, 0.29) is 13.2 Å². The van der Waals surface area contributed by atoms with Crippen molar-refractivity contribution < 1.29 is 14.3 Å². The summed E-state index contributed by atoms with van der Waals surface area (Å²) in [5.74, 6) is 0.190. The van der Waals surface area contributed by atoms with E-state index in [9.17, 15) is 4.79 Å². The molecule has 4 nitrogen and oxygen atoms in total. The fourth-order valence-electron chi connectivity index (χ4n) is 1.99. The van der Waals surface area contributed by atoms with Crippen LogP contribution in [-0.4, -0.2) is 17.6 Å². The van der Waals surface area contributed by atoms with Gasteiger partial charge in [0.15, 0.2) is 6.61 Å². The number of halogens is 1. The van der Waals surface area contributed by atoms with E-state index >= 15 is 0 Å². The predicted molar refractivity (Wildman–Crippen MR) is 94.3 cm³/mol. The summed E-state index contributed by atoms with van der Waals surface area (Å²) in [6.45, 7) is -0.0243. The van der Waals surface area contributed by atoms with E-state index in [1.165, 1.54) is 11.3 Å². The van der Waals surface area contributed by atoms with E-state index in [0.29, 0.717) is 16.5 Å². The van der Waals surface area contributed by atoms with Gasteiger partial charge in [0.05, 0.1) is 10.7 Å². The Bertz CT molecular complexity index is 820. The summed E-state index contributed by atoms with van der Waals surface area (Å²) < 4.78 is 10.5. The van der Waals surface area contributed by atoms with Crippen molar-refractivity contribution in [1.29, 1.82) is 0 Å². The molecule has 24 heavy (non-hydrogen) atoms. The van der Waals surface area contributed by atoms with Crippen molar-refractivity contribution in [3.8, 4) is 16.3 Å². The molecule has 1 heterocycles. The third-order valence-electron chi connectivity index (χ3n) is 3.14. The summed E-state index contributed by atoms with van der Waals surface area (Å²) in [7, 11) is 0. The van der Waals surface area contributed by atoms with Crippen molar-refractivity contribution in [3.63, 3.8) is 0 Å². The predicted octanol–water partition coefficient (Wildman–Crippen LogP) is 4.59. The minimum Gasteiger partial charge on any atom is -0.482 e. The van der Waals surface area contributed by atoms with Gasteiger partial charge in [-0.05, 0) is 18.2 Å². The van der Waals surface area contributed by atoms with Crippen molar-refractivity contribution in [1.82, 2.24) is 4.98 Å². The first-order valence-electron chi connectivity index (χ1n) is 7.25. The minimum atomic E-state index is -0.439.